The third kappa shape index (κ3) is 4.79. The zero-order valence-electron chi connectivity index (χ0n) is 22.7. The van der Waals surface area contributed by atoms with Crippen molar-refractivity contribution in [1.82, 2.24) is 20.0 Å². The second-order valence-corrected chi connectivity index (χ2v) is 11.3. The van der Waals surface area contributed by atoms with Crippen LogP contribution in [0.1, 0.15) is 25.0 Å². The van der Waals surface area contributed by atoms with Crippen molar-refractivity contribution in [3.05, 3.63) is 89.2 Å². The van der Waals surface area contributed by atoms with Crippen molar-refractivity contribution in [3.63, 3.8) is 0 Å². The molecule has 0 spiro atoms. The lowest BCUT2D eigenvalue weighted by atomic mass is 9.84. The van der Waals surface area contributed by atoms with Crippen LogP contribution in [0.5, 0.6) is 0 Å². The molecule has 1 saturated heterocycles. The highest BCUT2D eigenvalue weighted by molar-refractivity contribution is 6.32. The van der Waals surface area contributed by atoms with Gasteiger partial charge in [0.2, 0.25) is 5.91 Å². The highest BCUT2D eigenvalue weighted by Crippen LogP contribution is 2.47. The number of nitrogens with zero attached hydrogens (tertiary/aromatic N) is 5. The van der Waals surface area contributed by atoms with Crippen LogP contribution in [-0.2, 0) is 16.8 Å². The molecule has 3 aromatic carbocycles. The van der Waals surface area contributed by atoms with E-state index < -0.39 is 5.41 Å². The lowest BCUT2D eigenvalue weighted by molar-refractivity contribution is -0.121. The van der Waals surface area contributed by atoms with Crippen LogP contribution in [0.4, 0.5) is 11.4 Å². The molecule has 1 fully saturated rings. The summed E-state index contributed by atoms with van der Waals surface area (Å²) in [6.07, 6.45) is 4.05. The summed E-state index contributed by atoms with van der Waals surface area (Å²) in [5.41, 5.74) is 6.50. The third-order valence-electron chi connectivity index (χ3n) is 8.02. The molecular weight excluding hydrogens is 520 g/mol. The van der Waals surface area contributed by atoms with E-state index in [-0.39, 0.29) is 5.91 Å². The maximum Gasteiger partial charge on any atom is 0.241 e. The minimum absolute atomic E-state index is 0.0234. The molecule has 2 aliphatic heterocycles. The Morgan fingerprint density at radius 3 is 2.35 bits per heavy atom. The van der Waals surface area contributed by atoms with Gasteiger partial charge >= 0.3 is 0 Å². The summed E-state index contributed by atoms with van der Waals surface area (Å²) >= 11 is 6.30. The number of anilines is 2. The van der Waals surface area contributed by atoms with Gasteiger partial charge in [-0.3, -0.25) is 19.3 Å². The van der Waals surface area contributed by atoms with Crippen molar-refractivity contribution < 1.29 is 4.79 Å². The highest BCUT2D eigenvalue weighted by atomic mass is 35.5. The number of fused-ring (bicyclic) bond motifs is 1. The van der Waals surface area contributed by atoms with Crippen LogP contribution >= 0.6 is 11.6 Å². The van der Waals surface area contributed by atoms with Crippen LogP contribution in [0.2, 0.25) is 5.02 Å². The van der Waals surface area contributed by atoms with E-state index >= 15 is 0 Å². The maximum absolute atomic E-state index is 13.5. The van der Waals surface area contributed by atoms with Crippen molar-refractivity contribution in [2.75, 3.05) is 37.6 Å². The first-order valence-electron chi connectivity index (χ1n) is 13.6. The number of hydrogen-bond acceptors (Lipinski definition) is 5. The van der Waals surface area contributed by atoms with E-state index in [0.717, 1.165) is 72.8 Å². The standard InChI is InChI=1S/C32H31ClN6O/c1-32(2)28-17-24(8-10-30(28)39(31(32)40)27-9-7-25(19-34)29(33)18-27)22-3-5-23(6-4-22)26-20-36-38(21-26)16-15-37-13-11-35-12-14-37/h3-10,17-18,20-21,35H,11-16H2,1-2H3. The van der Waals surface area contributed by atoms with E-state index in [1.807, 2.05) is 30.8 Å². The Morgan fingerprint density at radius 2 is 1.65 bits per heavy atom. The zero-order chi connectivity index (χ0) is 27.9. The molecule has 1 amide bonds. The van der Waals surface area contributed by atoms with Gasteiger partial charge in [0.05, 0.1) is 40.1 Å². The normalized spacial score (nSPS) is 16.6. The first kappa shape index (κ1) is 26.3. The number of nitrogens with one attached hydrogen (secondary N) is 1. The molecule has 4 aromatic rings. The molecular formula is C32H31ClN6O. The number of piperazine rings is 1. The van der Waals surface area contributed by atoms with E-state index in [9.17, 15) is 10.1 Å². The third-order valence-corrected chi connectivity index (χ3v) is 8.33. The summed E-state index contributed by atoms with van der Waals surface area (Å²) in [6, 6.07) is 21.8. The SMILES string of the molecule is CC1(C)C(=O)N(c2ccc(C#N)c(Cl)c2)c2ccc(-c3ccc(-c4cnn(CCN5CCNCC5)c4)cc3)cc21. The van der Waals surface area contributed by atoms with E-state index in [1.54, 1.807) is 23.1 Å². The zero-order valence-corrected chi connectivity index (χ0v) is 23.4. The number of aromatic nitrogens is 2. The lowest BCUT2D eigenvalue weighted by Gasteiger charge is -2.26. The Hall–Kier alpha value is -3.96. The molecule has 6 rings (SSSR count). The van der Waals surface area contributed by atoms with Crippen molar-refractivity contribution in [1.29, 1.82) is 5.26 Å². The van der Waals surface area contributed by atoms with Crippen molar-refractivity contribution in [2.45, 2.75) is 25.8 Å². The molecule has 0 bridgehead atoms. The average molecular weight is 551 g/mol. The molecule has 8 heteroatoms. The molecule has 40 heavy (non-hydrogen) atoms. The fourth-order valence-electron chi connectivity index (χ4n) is 5.57. The van der Waals surface area contributed by atoms with Gasteiger partial charge in [-0.2, -0.15) is 10.4 Å². The van der Waals surface area contributed by atoms with Crippen LogP contribution in [0.15, 0.2) is 73.1 Å². The number of hydrogen-bond donors (Lipinski definition) is 1. The molecule has 3 heterocycles. The number of amides is 1. The van der Waals surface area contributed by atoms with Gasteiger partial charge in [-0.05, 0) is 66.4 Å². The predicted octanol–water partition coefficient (Wildman–Crippen LogP) is 5.60. The van der Waals surface area contributed by atoms with Crippen LogP contribution in [0.25, 0.3) is 22.3 Å². The minimum atomic E-state index is -0.703. The molecule has 202 valence electrons. The van der Waals surface area contributed by atoms with Gasteiger partial charge < -0.3 is 5.32 Å². The summed E-state index contributed by atoms with van der Waals surface area (Å²) in [5, 5.41) is 17.5. The summed E-state index contributed by atoms with van der Waals surface area (Å²) in [6.45, 7) is 10.1. The van der Waals surface area contributed by atoms with E-state index in [1.165, 1.54) is 0 Å². The quantitative estimate of drug-likeness (QED) is 0.338. The van der Waals surface area contributed by atoms with Gasteiger partial charge in [0.15, 0.2) is 0 Å². The molecule has 7 nitrogen and oxygen atoms in total. The van der Waals surface area contributed by atoms with Crippen molar-refractivity contribution in [2.24, 2.45) is 0 Å². The number of benzene rings is 3. The Morgan fingerprint density at radius 1 is 0.950 bits per heavy atom. The van der Waals surface area contributed by atoms with E-state index in [0.29, 0.717) is 16.3 Å². The lowest BCUT2D eigenvalue weighted by Crippen LogP contribution is -2.44. The smallest absolute Gasteiger partial charge is 0.241 e. The average Bonchev–Trinajstić information content (AvgIpc) is 3.53. The first-order valence-corrected chi connectivity index (χ1v) is 14.0. The molecule has 0 atom stereocenters. The van der Waals surface area contributed by atoms with Crippen molar-refractivity contribution >= 4 is 28.9 Å². The van der Waals surface area contributed by atoms with Gasteiger partial charge in [-0.15, -0.1) is 0 Å². The summed E-state index contributed by atoms with van der Waals surface area (Å²) in [7, 11) is 0. The molecule has 0 aliphatic carbocycles. The van der Waals surface area contributed by atoms with Gasteiger partial charge in [0, 0.05) is 44.5 Å². The molecule has 2 aliphatic rings. The topological polar surface area (TPSA) is 77.2 Å². The molecule has 0 saturated carbocycles. The van der Waals surface area contributed by atoms with Gasteiger partial charge in [0.1, 0.15) is 6.07 Å². The monoisotopic (exact) mass is 550 g/mol. The molecule has 1 N–H and O–H groups in total. The number of halogens is 1. The summed E-state index contributed by atoms with van der Waals surface area (Å²) in [5.74, 6) is -0.0234. The van der Waals surface area contributed by atoms with Crippen LogP contribution in [-0.4, -0.2) is 53.3 Å². The molecule has 0 unspecified atom stereocenters. The Bertz CT molecular complexity index is 1610. The Kier molecular flexibility index (Phi) is 6.93. The second kappa shape index (κ2) is 10.5. The largest absolute Gasteiger partial charge is 0.314 e. The number of carbonyl (C=O) groups excluding carboxylic acids is 1. The van der Waals surface area contributed by atoms with E-state index in [4.69, 9.17) is 11.6 Å². The number of carbonyl (C=O) groups is 1. The molecule has 1 aromatic heterocycles. The fraction of sp³-hybridized carbons (Fsp3) is 0.281. The fourth-order valence-corrected chi connectivity index (χ4v) is 5.79. The first-order chi connectivity index (χ1) is 19.3. The second-order valence-electron chi connectivity index (χ2n) is 10.9. The Balaban J connectivity index is 1.22. The minimum Gasteiger partial charge on any atom is -0.314 e. The van der Waals surface area contributed by atoms with Crippen LogP contribution in [0.3, 0.4) is 0 Å². The predicted molar refractivity (Wildman–Crippen MR) is 159 cm³/mol. The van der Waals surface area contributed by atoms with Crippen molar-refractivity contribution in [3.8, 4) is 28.3 Å². The highest BCUT2D eigenvalue weighted by Gasteiger charge is 2.44. The summed E-state index contributed by atoms with van der Waals surface area (Å²) in [4.78, 5) is 17.7. The summed E-state index contributed by atoms with van der Waals surface area (Å²) < 4.78 is 2.03. The molecule has 0 radical (unpaired) electrons. The van der Waals surface area contributed by atoms with Gasteiger partial charge in [-0.1, -0.05) is 41.9 Å². The maximum atomic E-state index is 13.5. The van der Waals surface area contributed by atoms with Crippen LogP contribution < -0.4 is 10.2 Å². The van der Waals surface area contributed by atoms with Crippen LogP contribution in [0, 0.1) is 11.3 Å². The Labute approximate surface area is 239 Å². The number of nitriles is 1. The van der Waals surface area contributed by atoms with E-state index in [2.05, 4.69) is 64.0 Å². The van der Waals surface area contributed by atoms with Gasteiger partial charge in [0.25, 0.3) is 0 Å². The number of rotatable bonds is 6. The van der Waals surface area contributed by atoms with Gasteiger partial charge in [-0.25, -0.2) is 0 Å².